The van der Waals surface area contributed by atoms with Gasteiger partial charge < -0.3 is 25.0 Å². The first-order chi connectivity index (χ1) is 14.0. The smallest absolute Gasteiger partial charge is 0.317 e. The van der Waals surface area contributed by atoms with Gasteiger partial charge in [0.2, 0.25) is 0 Å². The van der Waals surface area contributed by atoms with Crippen LogP contribution in [0.1, 0.15) is 34.7 Å². The maximum absolute atomic E-state index is 12.8. The highest BCUT2D eigenvalue weighted by atomic mass is 16.5. The lowest BCUT2D eigenvalue weighted by Crippen LogP contribution is -2.43. The van der Waals surface area contributed by atoms with E-state index < -0.39 is 0 Å². The van der Waals surface area contributed by atoms with Crippen LogP contribution in [0.15, 0.2) is 42.5 Å². The molecule has 1 saturated heterocycles. The Morgan fingerprint density at radius 2 is 1.86 bits per heavy atom. The number of ether oxygens (including phenoxy) is 2. The highest BCUT2D eigenvalue weighted by Gasteiger charge is 2.24. The largest absolute Gasteiger partial charge is 0.493 e. The summed E-state index contributed by atoms with van der Waals surface area (Å²) in [5, 5.41) is 5.59. The van der Waals surface area contributed by atoms with Crippen LogP contribution in [-0.2, 0) is 0 Å². The number of carbonyl (C=O) groups is 2. The van der Waals surface area contributed by atoms with Gasteiger partial charge in [-0.2, -0.15) is 0 Å². The van der Waals surface area contributed by atoms with Crippen LogP contribution in [0.4, 0.5) is 10.5 Å². The molecule has 1 atom stereocenters. The maximum Gasteiger partial charge on any atom is 0.317 e. The first-order valence-corrected chi connectivity index (χ1v) is 9.65. The monoisotopic (exact) mass is 397 g/mol. The molecular formula is C22H27N3O4. The van der Waals surface area contributed by atoms with Gasteiger partial charge in [0.15, 0.2) is 11.5 Å². The molecule has 7 nitrogen and oxygen atoms in total. The molecule has 1 aliphatic heterocycles. The van der Waals surface area contributed by atoms with E-state index in [2.05, 4.69) is 10.6 Å². The normalized spacial score (nSPS) is 16.1. The molecular weight excluding hydrogens is 370 g/mol. The molecule has 2 aromatic rings. The van der Waals surface area contributed by atoms with Crippen LogP contribution in [0.2, 0.25) is 0 Å². The lowest BCUT2D eigenvalue weighted by atomic mass is 9.89. The van der Waals surface area contributed by atoms with Crippen LogP contribution in [0.5, 0.6) is 11.5 Å². The van der Waals surface area contributed by atoms with E-state index in [0.717, 1.165) is 24.9 Å². The van der Waals surface area contributed by atoms with Gasteiger partial charge in [0.05, 0.1) is 14.2 Å². The van der Waals surface area contributed by atoms with Crippen molar-refractivity contribution in [1.29, 1.82) is 0 Å². The quantitative estimate of drug-likeness (QED) is 0.810. The van der Waals surface area contributed by atoms with Crippen LogP contribution in [0, 0.1) is 0 Å². The molecule has 0 radical (unpaired) electrons. The molecule has 2 aromatic carbocycles. The van der Waals surface area contributed by atoms with Crippen molar-refractivity contribution < 1.29 is 19.1 Å². The van der Waals surface area contributed by atoms with Crippen molar-refractivity contribution in [3.05, 3.63) is 53.6 Å². The number of amides is 3. The topological polar surface area (TPSA) is 79.9 Å². The Morgan fingerprint density at radius 3 is 2.59 bits per heavy atom. The number of nitrogens with one attached hydrogen (secondary N) is 2. The maximum atomic E-state index is 12.8. The summed E-state index contributed by atoms with van der Waals surface area (Å²) in [6, 6.07) is 12.8. The number of carbonyl (C=O) groups excluding carboxylic acids is 2. The highest BCUT2D eigenvalue weighted by Crippen LogP contribution is 2.30. The summed E-state index contributed by atoms with van der Waals surface area (Å²) >= 11 is 0. The van der Waals surface area contributed by atoms with E-state index in [1.807, 2.05) is 23.1 Å². The zero-order chi connectivity index (χ0) is 20.8. The van der Waals surface area contributed by atoms with Crippen LogP contribution in [0.3, 0.4) is 0 Å². The molecule has 7 heteroatoms. The number of anilines is 1. The van der Waals surface area contributed by atoms with Crippen molar-refractivity contribution in [2.24, 2.45) is 0 Å². The van der Waals surface area contributed by atoms with Gasteiger partial charge in [-0.15, -0.1) is 0 Å². The van der Waals surface area contributed by atoms with Crippen molar-refractivity contribution in [2.75, 3.05) is 39.7 Å². The molecule has 1 fully saturated rings. The highest BCUT2D eigenvalue weighted by molar-refractivity contribution is 6.04. The number of methoxy groups -OCH3 is 2. The SMILES string of the molecule is CNC(=O)N1CCCC(c2cccc(C(=O)Nc3ccc(OC)c(OC)c3)c2)C1. The first-order valence-electron chi connectivity index (χ1n) is 9.65. The van der Waals surface area contributed by atoms with Gasteiger partial charge in [0, 0.05) is 43.4 Å². The van der Waals surface area contributed by atoms with Crippen LogP contribution in [0.25, 0.3) is 0 Å². The minimum atomic E-state index is -0.196. The number of hydrogen-bond acceptors (Lipinski definition) is 4. The van der Waals surface area contributed by atoms with Crippen molar-refractivity contribution in [2.45, 2.75) is 18.8 Å². The Bertz CT molecular complexity index is 884. The van der Waals surface area contributed by atoms with Gasteiger partial charge in [0.25, 0.3) is 5.91 Å². The molecule has 3 amide bonds. The number of nitrogens with zero attached hydrogens (tertiary/aromatic N) is 1. The fraction of sp³-hybridized carbons (Fsp3) is 0.364. The molecule has 1 unspecified atom stereocenters. The lowest BCUT2D eigenvalue weighted by molar-refractivity contribution is 0.102. The fourth-order valence-electron chi connectivity index (χ4n) is 3.64. The summed E-state index contributed by atoms with van der Waals surface area (Å²) in [5.41, 5.74) is 2.27. The van der Waals surface area contributed by atoms with Crippen molar-refractivity contribution in [1.82, 2.24) is 10.2 Å². The van der Waals surface area contributed by atoms with E-state index in [1.54, 1.807) is 45.5 Å². The van der Waals surface area contributed by atoms with Gasteiger partial charge >= 0.3 is 6.03 Å². The van der Waals surface area contributed by atoms with E-state index in [1.165, 1.54) is 0 Å². The number of rotatable bonds is 5. The van der Waals surface area contributed by atoms with Crippen LogP contribution in [-0.4, -0.2) is 51.2 Å². The number of benzene rings is 2. The Hall–Kier alpha value is -3.22. The van der Waals surface area contributed by atoms with Crippen LogP contribution < -0.4 is 20.1 Å². The molecule has 0 aromatic heterocycles. The van der Waals surface area contributed by atoms with Gasteiger partial charge in [-0.1, -0.05) is 12.1 Å². The second-order valence-corrected chi connectivity index (χ2v) is 6.99. The molecule has 1 aliphatic rings. The summed E-state index contributed by atoms with van der Waals surface area (Å²) in [6.07, 6.45) is 1.94. The summed E-state index contributed by atoms with van der Waals surface area (Å²) < 4.78 is 10.5. The second-order valence-electron chi connectivity index (χ2n) is 6.99. The molecule has 0 aliphatic carbocycles. The predicted octanol–water partition coefficient (Wildman–Crippen LogP) is 3.47. The third kappa shape index (κ3) is 4.80. The standard InChI is InChI=1S/C22H27N3O4/c1-23-22(27)25-11-5-8-17(14-25)15-6-4-7-16(12-15)21(26)24-18-9-10-19(28-2)20(13-18)29-3/h4,6-7,9-10,12-13,17H,5,8,11,14H2,1-3H3,(H,23,27)(H,24,26). The predicted molar refractivity (Wildman–Crippen MR) is 112 cm³/mol. The molecule has 0 bridgehead atoms. The number of hydrogen-bond donors (Lipinski definition) is 2. The summed E-state index contributed by atoms with van der Waals surface area (Å²) in [6.45, 7) is 1.41. The minimum Gasteiger partial charge on any atom is -0.493 e. The number of urea groups is 1. The molecule has 1 heterocycles. The van der Waals surface area contributed by atoms with Gasteiger partial charge in [0.1, 0.15) is 0 Å². The Kier molecular flexibility index (Phi) is 6.59. The molecule has 3 rings (SSSR count). The molecule has 0 spiro atoms. The minimum absolute atomic E-state index is 0.0583. The van der Waals surface area contributed by atoms with Gasteiger partial charge in [-0.3, -0.25) is 4.79 Å². The van der Waals surface area contributed by atoms with E-state index in [4.69, 9.17) is 9.47 Å². The summed E-state index contributed by atoms with van der Waals surface area (Å²) in [4.78, 5) is 26.5. The third-order valence-electron chi connectivity index (χ3n) is 5.18. The average Bonchev–Trinajstić information content (AvgIpc) is 2.78. The van der Waals surface area contributed by atoms with E-state index in [0.29, 0.717) is 29.3 Å². The third-order valence-corrected chi connectivity index (χ3v) is 5.18. The zero-order valence-electron chi connectivity index (χ0n) is 17.0. The Morgan fingerprint density at radius 1 is 1.07 bits per heavy atom. The first kappa shape index (κ1) is 20.5. The lowest BCUT2D eigenvalue weighted by Gasteiger charge is -2.32. The van der Waals surface area contributed by atoms with Crippen molar-refractivity contribution in [3.63, 3.8) is 0 Å². The molecule has 0 saturated carbocycles. The van der Waals surface area contributed by atoms with Crippen molar-refractivity contribution in [3.8, 4) is 11.5 Å². The number of likely N-dealkylation sites (tertiary alicyclic amines) is 1. The summed E-state index contributed by atoms with van der Waals surface area (Å²) in [7, 11) is 4.77. The van der Waals surface area contributed by atoms with E-state index >= 15 is 0 Å². The second kappa shape index (κ2) is 9.32. The zero-order valence-corrected chi connectivity index (χ0v) is 17.0. The molecule has 154 valence electrons. The fourth-order valence-corrected chi connectivity index (χ4v) is 3.64. The Labute approximate surface area is 171 Å². The number of piperidine rings is 1. The van der Waals surface area contributed by atoms with Crippen molar-refractivity contribution >= 4 is 17.6 Å². The van der Waals surface area contributed by atoms with E-state index in [9.17, 15) is 9.59 Å². The van der Waals surface area contributed by atoms with E-state index in [-0.39, 0.29) is 17.9 Å². The molecule has 29 heavy (non-hydrogen) atoms. The van der Waals surface area contributed by atoms with Crippen LogP contribution >= 0.6 is 0 Å². The van der Waals surface area contributed by atoms with Gasteiger partial charge in [-0.25, -0.2) is 4.79 Å². The average molecular weight is 397 g/mol. The van der Waals surface area contributed by atoms with Gasteiger partial charge in [-0.05, 0) is 42.7 Å². The molecule has 2 N–H and O–H groups in total. The Balaban J connectivity index is 1.73. The summed E-state index contributed by atoms with van der Waals surface area (Å²) in [5.74, 6) is 1.17.